The van der Waals surface area contributed by atoms with Crippen LogP contribution in [0.1, 0.15) is 89.4 Å². The van der Waals surface area contributed by atoms with Crippen LogP contribution in [-0.4, -0.2) is 60.7 Å². The molecule has 0 fully saturated rings. The minimum atomic E-state index is -0.467. The zero-order chi connectivity index (χ0) is 30.4. The molecule has 0 saturated heterocycles. The van der Waals surface area contributed by atoms with Crippen LogP contribution in [0.4, 0.5) is 0 Å². The first-order valence-corrected chi connectivity index (χ1v) is 14.7. The van der Waals surface area contributed by atoms with Gasteiger partial charge in [0, 0.05) is 49.3 Å². The fourth-order valence-electron chi connectivity index (χ4n) is 3.93. The molecule has 1 N–H and O–H groups in total. The van der Waals surface area contributed by atoms with Crippen LogP contribution >= 0.6 is 0 Å². The maximum Gasteiger partial charge on any atom is 0.253 e. The number of pyridine rings is 1. The summed E-state index contributed by atoms with van der Waals surface area (Å²) in [4.78, 5) is 53.9. The summed E-state index contributed by atoms with van der Waals surface area (Å²) >= 11 is 0. The molecular formula is C33H48N2O6. The Kier molecular flexibility index (Phi) is 14.5. The van der Waals surface area contributed by atoms with E-state index in [4.69, 9.17) is 9.47 Å². The van der Waals surface area contributed by atoms with Gasteiger partial charge in [0.1, 0.15) is 11.6 Å². The van der Waals surface area contributed by atoms with Crippen molar-refractivity contribution >= 4 is 23.3 Å². The van der Waals surface area contributed by atoms with E-state index in [9.17, 15) is 19.2 Å². The molecule has 0 saturated carbocycles. The maximum atomic E-state index is 13.0. The van der Waals surface area contributed by atoms with E-state index in [-0.39, 0.29) is 68.9 Å². The number of nitrogens with one attached hydrogen (secondary N) is 1. The molecule has 226 valence electrons. The van der Waals surface area contributed by atoms with Crippen LogP contribution in [0.5, 0.6) is 0 Å². The molecule has 8 nitrogen and oxygen atoms in total. The van der Waals surface area contributed by atoms with E-state index in [2.05, 4.69) is 10.3 Å². The summed E-state index contributed by atoms with van der Waals surface area (Å²) in [5.41, 5.74) is 2.59. The molecule has 0 aliphatic heterocycles. The Labute approximate surface area is 246 Å². The monoisotopic (exact) mass is 568 g/mol. The minimum Gasteiger partial charge on any atom is -0.379 e. The predicted octanol–water partition coefficient (Wildman–Crippen LogP) is 5.98. The largest absolute Gasteiger partial charge is 0.379 e. The van der Waals surface area contributed by atoms with Crippen LogP contribution in [0.25, 0.3) is 11.3 Å². The Morgan fingerprint density at radius 3 is 1.85 bits per heavy atom. The van der Waals surface area contributed by atoms with Crippen molar-refractivity contribution in [2.24, 2.45) is 17.8 Å². The van der Waals surface area contributed by atoms with Crippen molar-refractivity contribution in [3.05, 3.63) is 53.7 Å². The molecule has 41 heavy (non-hydrogen) atoms. The normalized spacial score (nSPS) is 13.4. The second kappa shape index (κ2) is 17.6. The number of Topliss-reactive ketones (excluding diaryl/α,β-unsaturated/α-hetero) is 3. The second-order valence-corrected chi connectivity index (χ2v) is 10.9. The topological polar surface area (TPSA) is 112 Å². The first-order chi connectivity index (χ1) is 19.6. The first kappa shape index (κ1) is 34.0. The van der Waals surface area contributed by atoms with Gasteiger partial charge in [-0.25, -0.2) is 0 Å². The van der Waals surface area contributed by atoms with Gasteiger partial charge in [-0.05, 0) is 25.0 Å². The molecule has 2 aromatic rings. The number of carbonyl (C=O) groups excluding carboxylic acids is 4. The third-order valence-electron chi connectivity index (χ3n) is 7.32. The second-order valence-electron chi connectivity index (χ2n) is 10.9. The number of carbonyl (C=O) groups is 4. The number of rotatable bonds is 19. The number of benzene rings is 1. The van der Waals surface area contributed by atoms with E-state index < -0.39 is 6.04 Å². The Balaban J connectivity index is 0.00000882. The van der Waals surface area contributed by atoms with Gasteiger partial charge < -0.3 is 14.8 Å². The standard InChI is InChI=1S/C33H46N2O6.H2/c1-7-23(5)31(37)16-18-41-21-28(20-40-17-15-30(36)22(3)4)35-33(39)27-13-14-29(34-19-27)25-9-11-26(12-10-25)32(38)24(6)8-2;/h9-14,19,22-24,28H,7-8,15-18,20-21H2,1-6H3,(H,35,39);1H. The molecule has 3 atom stereocenters. The summed E-state index contributed by atoms with van der Waals surface area (Å²) in [6, 6.07) is 10.3. The molecule has 0 radical (unpaired) electrons. The molecule has 1 aromatic heterocycles. The fourth-order valence-corrected chi connectivity index (χ4v) is 3.93. The number of hydrogen-bond acceptors (Lipinski definition) is 7. The van der Waals surface area contributed by atoms with Gasteiger partial charge in [0.25, 0.3) is 5.91 Å². The molecule has 2 rings (SSSR count). The Morgan fingerprint density at radius 2 is 1.34 bits per heavy atom. The highest BCUT2D eigenvalue weighted by Crippen LogP contribution is 2.20. The summed E-state index contributed by atoms with van der Waals surface area (Å²) in [7, 11) is 0. The Hall–Kier alpha value is -3.23. The Morgan fingerprint density at radius 1 is 0.780 bits per heavy atom. The van der Waals surface area contributed by atoms with Crippen molar-refractivity contribution in [3.8, 4) is 11.3 Å². The van der Waals surface area contributed by atoms with E-state index in [0.717, 1.165) is 18.4 Å². The van der Waals surface area contributed by atoms with Crippen molar-refractivity contribution in [1.29, 1.82) is 0 Å². The van der Waals surface area contributed by atoms with Gasteiger partial charge >= 0.3 is 0 Å². The highest BCUT2D eigenvalue weighted by atomic mass is 16.5. The molecule has 1 aromatic carbocycles. The van der Waals surface area contributed by atoms with Crippen LogP contribution in [0.3, 0.4) is 0 Å². The highest BCUT2D eigenvalue weighted by molar-refractivity contribution is 5.98. The van der Waals surface area contributed by atoms with Gasteiger partial charge in [-0.15, -0.1) is 0 Å². The van der Waals surface area contributed by atoms with E-state index >= 15 is 0 Å². The molecular weight excluding hydrogens is 520 g/mol. The van der Waals surface area contributed by atoms with Gasteiger partial charge in [0.15, 0.2) is 5.78 Å². The van der Waals surface area contributed by atoms with Gasteiger partial charge in [-0.3, -0.25) is 24.2 Å². The van der Waals surface area contributed by atoms with Crippen molar-refractivity contribution in [1.82, 2.24) is 10.3 Å². The fraction of sp³-hybridized carbons (Fsp3) is 0.545. The van der Waals surface area contributed by atoms with Gasteiger partial charge in [-0.1, -0.05) is 65.8 Å². The van der Waals surface area contributed by atoms with Crippen LogP contribution in [-0.2, 0) is 19.1 Å². The lowest BCUT2D eigenvalue weighted by atomic mass is 9.96. The third-order valence-corrected chi connectivity index (χ3v) is 7.32. The predicted molar refractivity (Wildman–Crippen MR) is 162 cm³/mol. The summed E-state index contributed by atoms with van der Waals surface area (Å²) in [6.45, 7) is 12.4. The van der Waals surface area contributed by atoms with Crippen LogP contribution in [0.15, 0.2) is 42.6 Å². The van der Waals surface area contributed by atoms with E-state index in [1.165, 1.54) is 6.20 Å². The van der Waals surface area contributed by atoms with E-state index in [0.29, 0.717) is 29.7 Å². The summed E-state index contributed by atoms with van der Waals surface area (Å²) in [5, 5.41) is 2.93. The lowest BCUT2D eigenvalue weighted by molar-refractivity contribution is -0.123. The quantitative estimate of drug-likeness (QED) is 0.164. The maximum absolute atomic E-state index is 13.0. The van der Waals surface area contributed by atoms with Crippen LogP contribution in [0, 0.1) is 17.8 Å². The molecule has 3 unspecified atom stereocenters. The van der Waals surface area contributed by atoms with Crippen molar-refractivity contribution in [2.45, 2.75) is 73.3 Å². The third kappa shape index (κ3) is 11.3. The number of ether oxygens (including phenoxy) is 2. The van der Waals surface area contributed by atoms with Crippen molar-refractivity contribution in [2.75, 3.05) is 26.4 Å². The lowest BCUT2D eigenvalue weighted by Gasteiger charge is -2.19. The lowest BCUT2D eigenvalue weighted by Crippen LogP contribution is -2.42. The van der Waals surface area contributed by atoms with E-state index in [1.54, 1.807) is 12.1 Å². The smallest absolute Gasteiger partial charge is 0.253 e. The average molecular weight is 569 g/mol. The molecule has 0 aliphatic rings. The molecule has 0 bridgehead atoms. The van der Waals surface area contributed by atoms with Crippen LogP contribution in [0.2, 0.25) is 0 Å². The van der Waals surface area contributed by atoms with Crippen molar-refractivity contribution < 1.29 is 30.1 Å². The number of hydrogen-bond donors (Lipinski definition) is 1. The summed E-state index contributed by atoms with van der Waals surface area (Å²) in [5.74, 6) is -0.0171. The minimum absolute atomic E-state index is 0. The Bertz CT molecular complexity index is 1130. The van der Waals surface area contributed by atoms with Crippen LogP contribution < -0.4 is 5.32 Å². The number of ketones is 3. The number of amides is 1. The van der Waals surface area contributed by atoms with Gasteiger partial charge in [0.2, 0.25) is 0 Å². The highest BCUT2D eigenvalue weighted by Gasteiger charge is 2.18. The zero-order valence-electron chi connectivity index (χ0n) is 25.4. The SMILES string of the molecule is CCC(C)C(=O)CCOCC(COCCC(=O)C(C)C)NC(=O)c1ccc(-c2ccc(C(=O)C(C)CC)cc2)nc1.[HH]. The summed E-state index contributed by atoms with van der Waals surface area (Å²) < 4.78 is 11.4. The number of aromatic nitrogens is 1. The van der Waals surface area contributed by atoms with Gasteiger partial charge in [0.05, 0.1) is 43.7 Å². The van der Waals surface area contributed by atoms with E-state index in [1.807, 2.05) is 65.8 Å². The molecule has 1 amide bonds. The summed E-state index contributed by atoms with van der Waals surface area (Å²) in [6.07, 6.45) is 3.71. The van der Waals surface area contributed by atoms with Crippen molar-refractivity contribution in [3.63, 3.8) is 0 Å². The zero-order valence-corrected chi connectivity index (χ0v) is 25.4. The first-order valence-electron chi connectivity index (χ1n) is 14.7. The number of nitrogens with zero attached hydrogens (tertiary/aromatic N) is 1. The molecule has 1 heterocycles. The average Bonchev–Trinajstić information content (AvgIpc) is 2.99. The molecule has 0 spiro atoms. The van der Waals surface area contributed by atoms with Gasteiger partial charge in [-0.2, -0.15) is 0 Å². The molecule has 8 heteroatoms. The molecule has 0 aliphatic carbocycles.